The lowest BCUT2D eigenvalue weighted by Gasteiger charge is -2.22. The molecule has 3 N–H and O–H groups in total. The van der Waals surface area contributed by atoms with Crippen molar-refractivity contribution in [3.63, 3.8) is 0 Å². The summed E-state index contributed by atoms with van der Waals surface area (Å²) in [6.07, 6.45) is 91.7. The molecular formula is C77H151NO5. The van der Waals surface area contributed by atoms with Crippen LogP contribution in [0.25, 0.3) is 0 Å². The smallest absolute Gasteiger partial charge is 0.305 e. The normalized spacial score (nSPS) is 12.5. The molecule has 0 aliphatic heterocycles. The first-order chi connectivity index (χ1) is 41.0. The molecule has 0 aliphatic carbocycles. The summed E-state index contributed by atoms with van der Waals surface area (Å²) >= 11 is 0. The lowest BCUT2D eigenvalue weighted by atomic mass is 10.0. The highest BCUT2D eigenvalue weighted by atomic mass is 16.5. The molecule has 0 aromatic rings. The molecule has 0 saturated carbocycles. The number of ether oxygens (including phenoxy) is 1. The highest BCUT2D eigenvalue weighted by molar-refractivity contribution is 5.76. The predicted octanol–water partition coefficient (Wildman–Crippen LogP) is 25.1. The van der Waals surface area contributed by atoms with E-state index >= 15 is 0 Å². The third-order valence-corrected chi connectivity index (χ3v) is 18.3. The van der Waals surface area contributed by atoms with E-state index in [1.165, 1.54) is 366 Å². The van der Waals surface area contributed by atoms with Gasteiger partial charge in [-0.2, -0.15) is 0 Å². The zero-order chi connectivity index (χ0) is 59.9. The molecule has 0 heterocycles. The summed E-state index contributed by atoms with van der Waals surface area (Å²) in [5, 5.41) is 23.4. The molecule has 0 spiro atoms. The van der Waals surface area contributed by atoms with Crippen LogP contribution in [-0.4, -0.2) is 47.4 Å². The van der Waals surface area contributed by atoms with E-state index in [2.05, 4.69) is 31.3 Å². The van der Waals surface area contributed by atoms with Crippen LogP contribution in [0.15, 0.2) is 12.2 Å². The fourth-order valence-electron chi connectivity index (χ4n) is 12.5. The van der Waals surface area contributed by atoms with Gasteiger partial charge in [0.15, 0.2) is 0 Å². The van der Waals surface area contributed by atoms with Crippen LogP contribution in [0.1, 0.15) is 444 Å². The molecular weight excluding hydrogens is 1020 g/mol. The molecule has 6 heteroatoms. The fraction of sp³-hybridized carbons (Fsp3) is 0.948. The first kappa shape index (κ1) is 81.6. The van der Waals surface area contributed by atoms with Gasteiger partial charge in [-0.3, -0.25) is 9.59 Å². The minimum Gasteiger partial charge on any atom is -0.466 e. The number of hydrogen-bond donors (Lipinski definition) is 3. The van der Waals surface area contributed by atoms with Crippen LogP contribution in [0, 0.1) is 0 Å². The third-order valence-electron chi connectivity index (χ3n) is 18.3. The van der Waals surface area contributed by atoms with Crippen LogP contribution in [0.4, 0.5) is 0 Å². The molecule has 0 rings (SSSR count). The number of unbranched alkanes of at least 4 members (excludes halogenated alkanes) is 60. The number of nitrogens with one attached hydrogen (secondary N) is 1. The molecule has 0 radical (unpaired) electrons. The second-order valence-corrected chi connectivity index (χ2v) is 26.7. The lowest BCUT2D eigenvalue weighted by molar-refractivity contribution is -0.143. The average Bonchev–Trinajstić information content (AvgIpc) is 3.49. The topological polar surface area (TPSA) is 95.9 Å². The van der Waals surface area contributed by atoms with Crippen LogP contribution in [0.2, 0.25) is 0 Å². The third kappa shape index (κ3) is 69.6. The van der Waals surface area contributed by atoms with Crippen molar-refractivity contribution >= 4 is 11.9 Å². The zero-order valence-corrected chi connectivity index (χ0v) is 56.7. The number of allylic oxidation sites excluding steroid dienone is 2. The number of hydrogen-bond acceptors (Lipinski definition) is 5. The van der Waals surface area contributed by atoms with Gasteiger partial charge in [0, 0.05) is 12.8 Å². The Morgan fingerprint density at radius 2 is 0.566 bits per heavy atom. The van der Waals surface area contributed by atoms with Crippen molar-refractivity contribution in [2.24, 2.45) is 0 Å². The molecule has 0 fully saturated rings. The molecule has 0 aromatic heterocycles. The van der Waals surface area contributed by atoms with E-state index in [1.807, 2.05) is 0 Å². The Morgan fingerprint density at radius 3 is 0.880 bits per heavy atom. The maximum atomic E-state index is 12.5. The van der Waals surface area contributed by atoms with Gasteiger partial charge in [0.2, 0.25) is 5.91 Å². The second-order valence-electron chi connectivity index (χ2n) is 26.7. The standard InChI is InChI=1S/C77H151NO5/c1-3-5-7-9-11-13-15-17-43-46-49-53-57-61-65-69-75(80)74(73-79)78-76(81)70-66-62-58-54-50-47-44-41-39-37-35-33-31-29-27-25-23-21-19-18-20-22-24-26-28-30-32-34-36-38-40-42-45-48-52-56-60-64-68-72-83-77(82)71-67-63-59-55-51-16-14-12-10-8-6-4-2/h12,14,74-75,79-80H,3-11,13,15-73H2,1-2H3,(H,78,81)/b14-12-. The van der Waals surface area contributed by atoms with Crippen LogP contribution in [-0.2, 0) is 14.3 Å². The summed E-state index contributed by atoms with van der Waals surface area (Å²) in [5.74, 6) is -0.0103. The Bertz CT molecular complexity index is 1260. The summed E-state index contributed by atoms with van der Waals surface area (Å²) in [6.45, 7) is 4.97. The highest BCUT2D eigenvalue weighted by Crippen LogP contribution is 2.20. The maximum Gasteiger partial charge on any atom is 0.305 e. The van der Waals surface area contributed by atoms with E-state index in [4.69, 9.17) is 4.74 Å². The van der Waals surface area contributed by atoms with Gasteiger partial charge in [0.25, 0.3) is 0 Å². The molecule has 1 amide bonds. The van der Waals surface area contributed by atoms with Gasteiger partial charge in [-0.05, 0) is 51.4 Å². The SMILES string of the molecule is CCCCC/C=C\CCCCCCCC(=O)OCCCCCCCCCCCCCCCCCCCCCCCCCCCCCCCCCCCCCCCCCC(=O)NC(CO)C(O)CCCCCCCCCCCCCCCCC. The number of esters is 1. The van der Waals surface area contributed by atoms with Crippen LogP contribution in [0.3, 0.4) is 0 Å². The van der Waals surface area contributed by atoms with Crippen molar-refractivity contribution in [2.45, 2.75) is 456 Å². The van der Waals surface area contributed by atoms with Crippen LogP contribution < -0.4 is 5.32 Å². The molecule has 0 saturated heterocycles. The minimum absolute atomic E-state index is 0.0147. The highest BCUT2D eigenvalue weighted by Gasteiger charge is 2.20. The van der Waals surface area contributed by atoms with E-state index in [0.717, 1.165) is 44.9 Å². The second kappa shape index (κ2) is 73.1. The summed E-state index contributed by atoms with van der Waals surface area (Å²) in [6, 6.07) is -0.536. The van der Waals surface area contributed by atoms with Crippen molar-refractivity contribution in [1.82, 2.24) is 5.32 Å². The van der Waals surface area contributed by atoms with Crippen molar-refractivity contribution in [2.75, 3.05) is 13.2 Å². The molecule has 2 unspecified atom stereocenters. The van der Waals surface area contributed by atoms with Crippen LogP contribution >= 0.6 is 0 Å². The van der Waals surface area contributed by atoms with Gasteiger partial charge in [-0.25, -0.2) is 0 Å². The molecule has 494 valence electrons. The summed E-state index contributed by atoms with van der Waals surface area (Å²) < 4.78 is 5.48. The Labute approximate surface area is 520 Å². The number of aliphatic hydroxyl groups excluding tert-OH is 2. The van der Waals surface area contributed by atoms with E-state index in [-0.39, 0.29) is 18.5 Å². The van der Waals surface area contributed by atoms with Gasteiger partial charge in [-0.15, -0.1) is 0 Å². The molecule has 0 bridgehead atoms. The van der Waals surface area contributed by atoms with E-state index in [1.54, 1.807) is 0 Å². The molecule has 0 aromatic carbocycles. The predicted molar refractivity (Wildman–Crippen MR) is 366 cm³/mol. The number of carbonyl (C=O) groups excluding carboxylic acids is 2. The number of amides is 1. The molecule has 6 nitrogen and oxygen atoms in total. The van der Waals surface area contributed by atoms with Crippen molar-refractivity contribution in [3.8, 4) is 0 Å². The maximum absolute atomic E-state index is 12.5. The first-order valence-corrected chi connectivity index (χ1v) is 38.4. The zero-order valence-electron chi connectivity index (χ0n) is 56.7. The Hall–Kier alpha value is -1.40. The average molecular weight is 1170 g/mol. The number of rotatable bonds is 73. The Morgan fingerprint density at radius 1 is 0.325 bits per heavy atom. The molecule has 2 atom stereocenters. The quantitative estimate of drug-likeness (QED) is 0.0320. The van der Waals surface area contributed by atoms with E-state index < -0.39 is 12.1 Å². The van der Waals surface area contributed by atoms with Gasteiger partial charge in [-0.1, -0.05) is 392 Å². The largest absolute Gasteiger partial charge is 0.466 e. The molecule has 0 aliphatic rings. The number of aliphatic hydroxyl groups is 2. The monoisotopic (exact) mass is 1170 g/mol. The Balaban J connectivity index is 3.28. The van der Waals surface area contributed by atoms with Gasteiger partial charge >= 0.3 is 5.97 Å². The van der Waals surface area contributed by atoms with Crippen LogP contribution in [0.5, 0.6) is 0 Å². The van der Waals surface area contributed by atoms with E-state index in [0.29, 0.717) is 25.9 Å². The minimum atomic E-state index is -0.659. The van der Waals surface area contributed by atoms with Gasteiger partial charge < -0.3 is 20.3 Å². The van der Waals surface area contributed by atoms with Crippen molar-refractivity contribution in [1.29, 1.82) is 0 Å². The van der Waals surface area contributed by atoms with Crippen molar-refractivity contribution < 1.29 is 24.5 Å². The van der Waals surface area contributed by atoms with Gasteiger partial charge in [0.1, 0.15) is 0 Å². The first-order valence-electron chi connectivity index (χ1n) is 38.4. The van der Waals surface area contributed by atoms with E-state index in [9.17, 15) is 19.8 Å². The summed E-state index contributed by atoms with van der Waals surface area (Å²) in [4.78, 5) is 24.5. The lowest BCUT2D eigenvalue weighted by Crippen LogP contribution is -2.45. The fourth-order valence-corrected chi connectivity index (χ4v) is 12.5. The van der Waals surface area contributed by atoms with Gasteiger partial charge in [0.05, 0.1) is 25.4 Å². The number of carbonyl (C=O) groups is 2. The summed E-state index contributed by atoms with van der Waals surface area (Å²) in [7, 11) is 0. The summed E-state index contributed by atoms with van der Waals surface area (Å²) in [5.41, 5.74) is 0. The van der Waals surface area contributed by atoms with Crippen molar-refractivity contribution in [3.05, 3.63) is 12.2 Å². The molecule has 83 heavy (non-hydrogen) atoms. The Kier molecular flexibility index (Phi) is 71.8.